The molecule has 0 aromatic heterocycles. The quantitative estimate of drug-likeness (QED) is 0.740. The zero-order chi connectivity index (χ0) is 13.3. The zero-order valence-electron chi connectivity index (χ0n) is 10.8. The van der Waals surface area contributed by atoms with Crippen molar-refractivity contribution in [3.05, 3.63) is 0 Å². The molecule has 17 heavy (non-hydrogen) atoms. The Kier molecular flexibility index (Phi) is 4.15. The average molecular weight is 258 g/mol. The van der Waals surface area contributed by atoms with Crippen LogP contribution in [0.15, 0.2) is 0 Å². The van der Waals surface area contributed by atoms with Crippen molar-refractivity contribution >= 4 is 23.1 Å². The molecule has 1 amide bonds. The van der Waals surface area contributed by atoms with Gasteiger partial charge in [0.15, 0.2) is 0 Å². The van der Waals surface area contributed by atoms with E-state index in [9.17, 15) is 9.90 Å². The Morgan fingerprint density at radius 3 is 2.29 bits per heavy atom. The third-order valence-electron chi connectivity index (χ3n) is 3.31. The van der Waals surface area contributed by atoms with Gasteiger partial charge in [-0.05, 0) is 26.7 Å². The van der Waals surface area contributed by atoms with E-state index in [1.54, 1.807) is 25.8 Å². The Balaban J connectivity index is 2.83. The second kappa shape index (κ2) is 4.90. The van der Waals surface area contributed by atoms with Crippen molar-refractivity contribution in [1.29, 1.82) is 0 Å². The topological polar surface area (TPSA) is 66.6 Å². The standard InChI is InChI=1S/C12H22N2O2S/c1-11(2,16)8-14(3)10(15)12(9(13)17)6-4-5-7-12/h16H,4-8H2,1-3H3,(H2,13,17). The highest BCUT2D eigenvalue weighted by molar-refractivity contribution is 7.80. The molecule has 0 aromatic carbocycles. The minimum Gasteiger partial charge on any atom is -0.392 e. The van der Waals surface area contributed by atoms with Crippen molar-refractivity contribution in [1.82, 2.24) is 4.90 Å². The summed E-state index contributed by atoms with van der Waals surface area (Å²) in [6.07, 6.45) is 3.44. The number of hydrogen-bond donors (Lipinski definition) is 2. The fourth-order valence-electron chi connectivity index (χ4n) is 2.56. The summed E-state index contributed by atoms with van der Waals surface area (Å²) in [5.74, 6) is -0.0513. The number of aliphatic hydroxyl groups is 1. The number of likely N-dealkylation sites (N-methyl/N-ethyl adjacent to an activating group) is 1. The Labute approximate surface area is 108 Å². The molecule has 0 aliphatic heterocycles. The van der Waals surface area contributed by atoms with Crippen LogP contribution in [-0.2, 0) is 4.79 Å². The van der Waals surface area contributed by atoms with Gasteiger partial charge >= 0.3 is 0 Å². The van der Waals surface area contributed by atoms with Crippen LogP contribution >= 0.6 is 12.2 Å². The monoisotopic (exact) mass is 258 g/mol. The lowest BCUT2D eigenvalue weighted by Crippen LogP contribution is -2.51. The van der Waals surface area contributed by atoms with E-state index in [1.165, 1.54) is 0 Å². The molecule has 98 valence electrons. The number of nitrogens with zero attached hydrogens (tertiary/aromatic N) is 1. The van der Waals surface area contributed by atoms with E-state index in [0.717, 1.165) is 25.7 Å². The van der Waals surface area contributed by atoms with E-state index in [2.05, 4.69) is 0 Å². The molecular formula is C12H22N2O2S. The van der Waals surface area contributed by atoms with Crippen LogP contribution < -0.4 is 5.73 Å². The van der Waals surface area contributed by atoms with Crippen molar-refractivity contribution in [3.63, 3.8) is 0 Å². The van der Waals surface area contributed by atoms with Gasteiger partial charge in [0.1, 0.15) is 0 Å². The summed E-state index contributed by atoms with van der Waals surface area (Å²) in [5, 5.41) is 9.74. The third kappa shape index (κ3) is 3.16. The lowest BCUT2D eigenvalue weighted by Gasteiger charge is -2.34. The molecule has 0 bridgehead atoms. The Morgan fingerprint density at radius 2 is 1.94 bits per heavy atom. The molecule has 0 atom stereocenters. The average Bonchev–Trinajstić information content (AvgIpc) is 2.63. The van der Waals surface area contributed by atoms with Gasteiger partial charge in [-0.2, -0.15) is 0 Å². The summed E-state index contributed by atoms with van der Waals surface area (Å²) in [4.78, 5) is 14.3. The lowest BCUT2D eigenvalue weighted by molar-refractivity contribution is -0.139. The van der Waals surface area contributed by atoms with Crippen molar-refractivity contribution in [2.45, 2.75) is 45.1 Å². The zero-order valence-corrected chi connectivity index (χ0v) is 11.6. The second-order valence-corrected chi connectivity index (χ2v) is 6.07. The van der Waals surface area contributed by atoms with Crippen LogP contribution in [0.2, 0.25) is 0 Å². The van der Waals surface area contributed by atoms with Crippen LogP contribution in [0.4, 0.5) is 0 Å². The number of amides is 1. The molecule has 1 rings (SSSR count). The molecular weight excluding hydrogens is 236 g/mol. The van der Waals surface area contributed by atoms with Crippen LogP contribution in [0.1, 0.15) is 39.5 Å². The maximum atomic E-state index is 12.4. The molecule has 4 nitrogen and oxygen atoms in total. The lowest BCUT2D eigenvalue weighted by atomic mass is 9.84. The summed E-state index contributed by atoms with van der Waals surface area (Å²) in [7, 11) is 1.69. The first kappa shape index (κ1) is 14.4. The Hall–Kier alpha value is -0.680. The highest BCUT2D eigenvalue weighted by Gasteiger charge is 2.45. The summed E-state index contributed by atoms with van der Waals surface area (Å²) < 4.78 is 0. The number of hydrogen-bond acceptors (Lipinski definition) is 3. The normalized spacial score (nSPS) is 19.1. The second-order valence-electron chi connectivity index (χ2n) is 5.63. The van der Waals surface area contributed by atoms with Crippen molar-refractivity contribution in [3.8, 4) is 0 Å². The van der Waals surface area contributed by atoms with E-state index in [1.807, 2.05) is 0 Å². The van der Waals surface area contributed by atoms with E-state index >= 15 is 0 Å². The van der Waals surface area contributed by atoms with Gasteiger partial charge in [0.05, 0.1) is 16.0 Å². The number of carbonyl (C=O) groups is 1. The molecule has 1 aliphatic rings. The van der Waals surface area contributed by atoms with Crippen LogP contribution in [0.5, 0.6) is 0 Å². The number of carbonyl (C=O) groups excluding carboxylic acids is 1. The van der Waals surface area contributed by atoms with E-state index in [0.29, 0.717) is 4.99 Å². The number of rotatable bonds is 4. The minimum absolute atomic E-state index is 0.0513. The van der Waals surface area contributed by atoms with Gasteiger partial charge in [-0.1, -0.05) is 25.1 Å². The molecule has 0 spiro atoms. The van der Waals surface area contributed by atoms with Crippen LogP contribution in [0.25, 0.3) is 0 Å². The van der Waals surface area contributed by atoms with Crippen molar-refractivity contribution in [2.24, 2.45) is 11.1 Å². The maximum Gasteiger partial charge on any atom is 0.235 e. The molecule has 0 heterocycles. The molecule has 0 unspecified atom stereocenters. The Morgan fingerprint density at radius 1 is 1.47 bits per heavy atom. The van der Waals surface area contributed by atoms with E-state index < -0.39 is 11.0 Å². The van der Waals surface area contributed by atoms with Gasteiger partial charge in [0, 0.05) is 13.6 Å². The van der Waals surface area contributed by atoms with Gasteiger partial charge in [0.25, 0.3) is 0 Å². The molecule has 0 aromatic rings. The summed E-state index contributed by atoms with van der Waals surface area (Å²) in [6.45, 7) is 3.65. The molecule has 0 saturated heterocycles. The van der Waals surface area contributed by atoms with E-state index in [4.69, 9.17) is 18.0 Å². The molecule has 1 aliphatic carbocycles. The first-order valence-corrected chi connectivity index (χ1v) is 6.38. The molecule has 3 N–H and O–H groups in total. The SMILES string of the molecule is CN(CC(C)(C)O)C(=O)C1(C(N)=S)CCCC1. The fourth-order valence-corrected chi connectivity index (χ4v) is 2.85. The fraction of sp³-hybridized carbons (Fsp3) is 0.833. The van der Waals surface area contributed by atoms with Crippen molar-refractivity contribution < 1.29 is 9.90 Å². The summed E-state index contributed by atoms with van der Waals surface area (Å²) >= 11 is 5.07. The first-order valence-electron chi connectivity index (χ1n) is 5.97. The van der Waals surface area contributed by atoms with Gasteiger partial charge in [-0.15, -0.1) is 0 Å². The van der Waals surface area contributed by atoms with Crippen LogP contribution in [0, 0.1) is 5.41 Å². The Bertz CT molecular complexity index is 317. The molecule has 1 fully saturated rings. The largest absolute Gasteiger partial charge is 0.392 e. The smallest absolute Gasteiger partial charge is 0.235 e. The number of nitrogens with two attached hydrogens (primary N) is 1. The highest BCUT2D eigenvalue weighted by Crippen LogP contribution is 2.40. The molecule has 5 heteroatoms. The highest BCUT2D eigenvalue weighted by atomic mass is 32.1. The summed E-state index contributed by atoms with van der Waals surface area (Å²) in [5.41, 5.74) is 4.18. The van der Waals surface area contributed by atoms with Gasteiger partial charge in [-0.3, -0.25) is 4.79 Å². The maximum absolute atomic E-state index is 12.4. The van der Waals surface area contributed by atoms with Gasteiger partial charge in [0.2, 0.25) is 5.91 Å². The van der Waals surface area contributed by atoms with Gasteiger partial charge < -0.3 is 15.7 Å². The minimum atomic E-state index is -0.902. The molecule has 1 saturated carbocycles. The molecule has 0 radical (unpaired) electrons. The number of thiocarbonyl (C=S) groups is 1. The van der Waals surface area contributed by atoms with Crippen LogP contribution in [0.3, 0.4) is 0 Å². The van der Waals surface area contributed by atoms with Crippen LogP contribution in [-0.4, -0.2) is 40.1 Å². The van der Waals surface area contributed by atoms with Crippen molar-refractivity contribution in [2.75, 3.05) is 13.6 Å². The first-order chi connectivity index (χ1) is 7.69. The predicted molar refractivity (Wildman–Crippen MR) is 71.6 cm³/mol. The van der Waals surface area contributed by atoms with E-state index in [-0.39, 0.29) is 12.5 Å². The summed E-state index contributed by atoms with van der Waals surface area (Å²) in [6, 6.07) is 0. The third-order valence-corrected chi connectivity index (χ3v) is 3.70. The predicted octanol–water partition coefficient (Wildman–Crippen LogP) is 1.06. The van der Waals surface area contributed by atoms with Gasteiger partial charge in [-0.25, -0.2) is 0 Å².